The molecule has 6 heteroatoms. The predicted molar refractivity (Wildman–Crippen MR) is 201 cm³/mol. The zero-order valence-electron chi connectivity index (χ0n) is 31.3. The standard InChI is InChI=1S/C45H58F3N3/c1-27-13-5-9-17-33(27)37-25-39(34-18-10-6-14-28(34)2)50-43(37)40(31-21-23-32(24-22-31)45(46,47)48)44-41(35-19-11-7-15-29(35)3)38(26-49)42(51-44)36-20-12-8-16-30(36)4/h21-25,27-30,33-36,50H,5-20H2,1-4H3. The maximum atomic E-state index is 14.0. The molecule has 4 saturated carbocycles. The number of hydrogen-bond acceptors (Lipinski definition) is 2. The van der Waals surface area contributed by atoms with E-state index in [1.165, 1.54) is 74.8 Å². The predicted octanol–water partition coefficient (Wildman–Crippen LogP) is 13.3. The van der Waals surface area contributed by atoms with Gasteiger partial charge in [-0.3, -0.25) is 4.99 Å². The molecule has 0 saturated heterocycles. The Kier molecular flexibility index (Phi) is 10.8. The van der Waals surface area contributed by atoms with Crippen LogP contribution in [0.15, 0.2) is 52.2 Å². The van der Waals surface area contributed by atoms with E-state index < -0.39 is 11.7 Å². The minimum atomic E-state index is -4.42. The van der Waals surface area contributed by atoms with Crippen molar-refractivity contribution in [2.24, 2.45) is 40.5 Å². The van der Waals surface area contributed by atoms with E-state index in [0.29, 0.717) is 35.5 Å². The fourth-order valence-corrected chi connectivity index (χ4v) is 10.9. The van der Waals surface area contributed by atoms with E-state index in [0.717, 1.165) is 90.8 Å². The number of rotatable bonds is 6. The van der Waals surface area contributed by atoms with E-state index in [1.807, 2.05) is 0 Å². The lowest BCUT2D eigenvalue weighted by Gasteiger charge is -2.32. The van der Waals surface area contributed by atoms with Gasteiger partial charge in [0.1, 0.15) is 6.07 Å². The molecule has 5 aliphatic rings. The number of H-pyrrole nitrogens is 1. The number of aromatic nitrogens is 1. The van der Waals surface area contributed by atoms with Crippen LogP contribution in [0.2, 0.25) is 0 Å². The molecule has 274 valence electrons. The summed E-state index contributed by atoms with van der Waals surface area (Å²) in [7, 11) is 0. The molecular weight excluding hydrogens is 640 g/mol. The number of aromatic amines is 1. The largest absolute Gasteiger partial charge is 0.416 e. The van der Waals surface area contributed by atoms with Crippen LogP contribution >= 0.6 is 0 Å². The van der Waals surface area contributed by atoms with Crippen LogP contribution in [0.4, 0.5) is 13.2 Å². The Morgan fingerprint density at radius 3 is 1.69 bits per heavy atom. The van der Waals surface area contributed by atoms with E-state index in [2.05, 4.69) is 44.8 Å². The second-order valence-corrected chi connectivity index (χ2v) is 17.2. The molecule has 7 rings (SSSR count). The zero-order chi connectivity index (χ0) is 35.9. The molecule has 4 fully saturated rings. The van der Waals surface area contributed by atoms with Gasteiger partial charge in [0.25, 0.3) is 0 Å². The monoisotopic (exact) mass is 697 g/mol. The van der Waals surface area contributed by atoms with E-state index in [9.17, 15) is 18.4 Å². The summed E-state index contributed by atoms with van der Waals surface area (Å²) >= 11 is 0. The molecule has 1 aromatic carbocycles. The van der Waals surface area contributed by atoms with E-state index in [-0.39, 0.29) is 11.8 Å². The number of nitrogens with zero attached hydrogens (tertiary/aromatic N) is 2. The molecule has 0 bridgehead atoms. The Bertz CT molecular complexity index is 1700. The first-order chi connectivity index (χ1) is 24.6. The zero-order valence-corrected chi connectivity index (χ0v) is 31.3. The Morgan fingerprint density at radius 2 is 1.18 bits per heavy atom. The number of alkyl halides is 3. The van der Waals surface area contributed by atoms with Crippen molar-refractivity contribution in [2.45, 2.75) is 148 Å². The third-order valence-electron chi connectivity index (χ3n) is 13.9. The highest BCUT2D eigenvalue weighted by molar-refractivity contribution is 6.11. The lowest BCUT2D eigenvalue weighted by molar-refractivity contribution is -0.137. The van der Waals surface area contributed by atoms with Crippen molar-refractivity contribution in [1.29, 1.82) is 5.26 Å². The van der Waals surface area contributed by atoms with Crippen LogP contribution in [0, 0.1) is 46.8 Å². The quantitative estimate of drug-likeness (QED) is 0.321. The van der Waals surface area contributed by atoms with Gasteiger partial charge in [0.15, 0.2) is 0 Å². The summed E-state index contributed by atoms with van der Waals surface area (Å²) in [6.07, 6.45) is 14.1. The van der Waals surface area contributed by atoms with Crippen LogP contribution < -0.4 is 0 Å². The van der Waals surface area contributed by atoms with Gasteiger partial charge in [-0.2, -0.15) is 18.4 Å². The van der Waals surface area contributed by atoms with Gasteiger partial charge in [0.05, 0.1) is 28.2 Å². The van der Waals surface area contributed by atoms with Crippen LogP contribution in [-0.4, -0.2) is 10.7 Å². The number of allylic oxidation sites excluding steroid dienone is 2. The molecule has 1 N–H and O–H groups in total. The van der Waals surface area contributed by atoms with Gasteiger partial charge in [-0.25, -0.2) is 0 Å². The van der Waals surface area contributed by atoms with E-state index in [1.54, 1.807) is 12.1 Å². The minimum Gasteiger partial charge on any atom is -0.358 e. The first-order valence-corrected chi connectivity index (χ1v) is 20.4. The molecule has 4 aliphatic carbocycles. The lowest BCUT2D eigenvalue weighted by atomic mass is 9.71. The van der Waals surface area contributed by atoms with Crippen molar-refractivity contribution in [3.63, 3.8) is 0 Å². The highest BCUT2D eigenvalue weighted by Gasteiger charge is 2.41. The average Bonchev–Trinajstić information content (AvgIpc) is 3.71. The van der Waals surface area contributed by atoms with Crippen LogP contribution in [0.3, 0.4) is 0 Å². The van der Waals surface area contributed by atoms with Crippen molar-refractivity contribution in [3.05, 3.63) is 75.3 Å². The Hall–Kier alpha value is -3.07. The van der Waals surface area contributed by atoms with Crippen LogP contribution in [0.1, 0.15) is 170 Å². The van der Waals surface area contributed by atoms with Gasteiger partial charge >= 0.3 is 6.18 Å². The van der Waals surface area contributed by atoms with E-state index in [4.69, 9.17) is 4.99 Å². The molecule has 2 aromatic rings. The van der Waals surface area contributed by atoms with Crippen molar-refractivity contribution >= 4 is 11.3 Å². The first-order valence-electron chi connectivity index (χ1n) is 20.4. The van der Waals surface area contributed by atoms with Crippen LogP contribution in [-0.2, 0) is 6.18 Å². The Balaban J connectivity index is 1.53. The minimum absolute atomic E-state index is 0.192. The van der Waals surface area contributed by atoms with Crippen molar-refractivity contribution in [3.8, 4) is 6.07 Å². The topological polar surface area (TPSA) is 51.9 Å². The highest BCUT2D eigenvalue weighted by Crippen LogP contribution is 2.51. The maximum absolute atomic E-state index is 14.0. The van der Waals surface area contributed by atoms with Gasteiger partial charge < -0.3 is 4.98 Å². The average molecular weight is 698 g/mol. The molecule has 0 spiro atoms. The van der Waals surface area contributed by atoms with Gasteiger partial charge in [-0.05, 0) is 90.5 Å². The smallest absolute Gasteiger partial charge is 0.358 e. The van der Waals surface area contributed by atoms with Crippen LogP contribution in [0.25, 0.3) is 5.57 Å². The second kappa shape index (κ2) is 15.1. The van der Waals surface area contributed by atoms with Crippen LogP contribution in [0.5, 0.6) is 0 Å². The summed E-state index contributed by atoms with van der Waals surface area (Å²) in [5.41, 5.74) is 8.26. The third kappa shape index (κ3) is 7.17. The second-order valence-electron chi connectivity index (χ2n) is 17.2. The lowest BCUT2D eigenvalue weighted by Crippen LogP contribution is -2.26. The van der Waals surface area contributed by atoms with Gasteiger partial charge in [-0.1, -0.05) is 117 Å². The molecule has 0 radical (unpaired) electrons. The SMILES string of the molecule is CC1CCCCC1C1=NC(=C(c2ccc(C(F)(F)F)cc2)c2[nH]c(C3CCCCC3C)cc2C2CCCCC2C)C(C2CCCCC2C)=C1C#N. The summed E-state index contributed by atoms with van der Waals surface area (Å²) in [6, 6.07) is 11.0. The van der Waals surface area contributed by atoms with Gasteiger partial charge in [0, 0.05) is 28.7 Å². The summed E-state index contributed by atoms with van der Waals surface area (Å²) in [4.78, 5) is 9.67. The number of nitrogens with one attached hydrogen (secondary N) is 1. The molecule has 51 heavy (non-hydrogen) atoms. The molecular formula is C45H58F3N3. The summed E-state index contributed by atoms with van der Waals surface area (Å²) in [5, 5.41) is 11.1. The molecule has 2 heterocycles. The number of nitriles is 1. The van der Waals surface area contributed by atoms with Crippen molar-refractivity contribution in [2.75, 3.05) is 0 Å². The summed E-state index contributed by atoms with van der Waals surface area (Å²) < 4.78 is 42.0. The fraction of sp³-hybridized carbons (Fsp3) is 0.644. The third-order valence-corrected chi connectivity index (χ3v) is 13.9. The Labute approximate surface area is 304 Å². The first kappa shape index (κ1) is 36.3. The Morgan fingerprint density at radius 1 is 0.686 bits per heavy atom. The molecule has 1 aliphatic heterocycles. The van der Waals surface area contributed by atoms with Crippen molar-refractivity contribution in [1.82, 2.24) is 4.98 Å². The summed E-state index contributed by atoms with van der Waals surface area (Å²) in [5.74, 6) is 3.11. The fourth-order valence-electron chi connectivity index (χ4n) is 10.9. The number of aliphatic imine (C=N–C) groups is 1. The molecule has 1 aromatic heterocycles. The van der Waals surface area contributed by atoms with Gasteiger partial charge in [-0.15, -0.1) is 0 Å². The molecule has 8 unspecified atom stereocenters. The normalized spacial score (nSPS) is 33.2. The maximum Gasteiger partial charge on any atom is 0.416 e. The number of benzene rings is 1. The highest BCUT2D eigenvalue weighted by atomic mass is 19.4. The number of halogens is 3. The summed E-state index contributed by atoms with van der Waals surface area (Å²) in [6.45, 7) is 9.40. The van der Waals surface area contributed by atoms with Crippen molar-refractivity contribution < 1.29 is 13.2 Å². The number of hydrogen-bond donors (Lipinski definition) is 1. The molecule has 3 nitrogen and oxygen atoms in total. The van der Waals surface area contributed by atoms with Gasteiger partial charge in [0.2, 0.25) is 0 Å². The molecule has 0 amide bonds. The van der Waals surface area contributed by atoms with E-state index >= 15 is 0 Å². The molecule has 8 atom stereocenters.